The molecule has 0 bridgehead atoms. The van der Waals surface area contributed by atoms with Gasteiger partial charge >= 0.3 is 0 Å². The number of hydrogen-bond donors (Lipinski definition) is 1. The van der Waals surface area contributed by atoms with Crippen LogP contribution in [0.5, 0.6) is 0 Å². The highest BCUT2D eigenvalue weighted by atomic mass is 16.3. The van der Waals surface area contributed by atoms with E-state index in [0.717, 1.165) is 24.4 Å². The SMILES string of the molecule is Cc1cc(C(=O)NC(C)c2nncn2C2CCCC2)c(C)o1. The van der Waals surface area contributed by atoms with Gasteiger partial charge in [-0.05, 0) is 39.7 Å². The van der Waals surface area contributed by atoms with E-state index in [1.807, 2.05) is 13.8 Å². The molecule has 6 heteroatoms. The van der Waals surface area contributed by atoms with E-state index in [1.54, 1.807) is 19.3 Å². The standard InChI is InChI=1S/C16H22N4O2/c1-10-8-14(12(3)22-10)16(21)18-11(2)15-19-17-9-20(15)13-6-4-5-7-13/h8-9,11,13H,4-7H2,1-3H3,(H,18,21). The van der Waals surface area contributed by atoms with Crippen LogP contribution in [0.1, 0.15) is 72.4 Å². The number of rotatable bonds is 4. The van der Waals surface area contributed by atoms with Gasteiger partial charge in [0.05, 0.1) is 11.6 Å². The maximum absolute atomic E-state index is 12.4. The number of hydrogen-bond acceptors (Lipinski definition) is 4. The fourth-order valence-electron chi connectivity index (χ4n) is 3.22. The van der Waals surface area contributed by atoms with Crippen molar-refractivity contribution in [2.45, 2.75) is 58.5 Å². The smallest absolute Gasteiger partial charge is 0.255 e. The summed E-state index contributed by atoms with van der Waals surface area (Å²) >= 11 is 0. The third kappa shape index (κ3) is 2.77. The highest BCUT2D eigenvalue weighted by molar-refractivity contribution is 5.95. The number of nitrogens with one attached hydrogen (secondary N) is 1. The number of furan rings is 1. The average molecular weight is 302 g/mol. The lowest BCUT2D eigenvalue weighted by Gasteiger charge is -2.18. The molecule has 6 nitrogen and oxygen atoms in total. The Bertz CT molecular complexity index is 667. The maximum atomic E-state index is 12.4. The molecule has 2 aromatic heterocycles. The van der Waals surface area contributed by atoms with Crippen molar-refractivity contribution in [2.75, 3.05) is 0 Å². The number of nitrogens with zero attached hydrogens (tertiary/aromatic N) is 3. The van der Waals surface area contributed by atoms with Crippen LogP contribution in [-0.2, 0) is 0 Å². The molecule has 1 aliphatic rings. The topological polar surface area (TPSA) is 73.0 Å². The van der Waals surface area contributed by atoms with E-state index < -0.39 is 0 Å². The van der Waals surface area contributed by atoms with Crippen molar-refractivity contribution in [2.24, 2.45) is 0 Å². The molecule has 1 saturated carbocycles. The minimum atomic E-state index is -0.190. The summed E-state index contributed by atoms with van der Waals surface area (Å²) in [5.41, 5.74) is 0.580. The molecule has 2 aromatic rings. The summed E-state index contributed by atoms with van der Waals surface area (Å²) in [6, 6.07) is 2.03. The van der Waals surface area contributed by atoms with E-state index in [9.17, 15) is 4.79 Å². The van der Waals surface area contributed by atoms with Gasteiger partial charge in [-0.25, -0.2) is 0 Å². The molecule has 3 rings (SSSR count). The van der Waals surface area contributed by atoms with E-state index in [1.165, 1.54) is 12.8 Å². The van der Waals surface area contributed by atoms with Crippen molar-refractivity contribution in [3.63, 3.8) is 0 Å². The van der Waals surface area contributed by atoms with E-state index in [4.69, 9.17) is 4.42 Å². The van der Waals surface area contributed by atoms with Crippen LogP contribution in [-0.4, -0.2) is 20.7 Å². The lowest BCUT2D eigenvalue weighted by atomic mass is 10.2. The molecule has 22 heavy (non-hydrogen) atoms. The maximum Gasteiger partial charge on any atom is 0.255 e. The lowest BCUT2D eigenvalue weighted by Crippen LogP contribution is -2.29. The number of amides is 1. The second kappa shape index (κ2) is 5.94. The summed E-state index contributed by atoms with van der Waals surface area (Å²) in [5.74, 6) is 2.06. The lowest BCUT2D eigenvalue weighted by molar-refractivity contribution is 0.0935. The van der Waals surface area contributed by atoms with Crippen molar-refractivity contribution >= 4 is 5.91 Å². The van der Waals surface area contributed by atoms with Crippen molar-refractivity contribution in [1.29, 1.82) is 0 Å². The van der Waals surface area contributed by atoms with Crippen molar-refractivity contribution in [3.8, 4) is 0 Å². The number of aromatic nitrogens is 3. The summed E-state index contributed by atoms with van der Waals surface area (Å²) in [6.45, 7) is 5.58. The van der Waals surface area contributed by atoms with Crippen LogP contribution in [0.3, 0.4) is 0 Å². The van der Waals surface area contributed by atoms with Crippen LogP contribution in [0.15, 0.2) is 16.8 Å². The van der Waals surface area contributed by atoms with Crippen molar-refractivity contribution in [3.05, 3.63) is 35.3 Å². The Morgan fingerprint density at radius 3 is 2.77 bits per heavy atom. The Hall–Kier alpha value is -2.11. The second-order valence-electron chi connectivity index (χ2n) is 6.06. The molecule has 0 saturated heterocycles. The summed E-state index contributed by atoms with van der Waals surface area (Å²) in [4.78, 5) is 12.4. The summed E-state index contributed by atoms with van der Waals surface area (Å²) in [7, 11) is 0. The largest absolute Gasteiger partial charge is 0.466 e. The zero-order chi connectivity index (χ0) is 15.7. The van der Waals surface area contributed by atoms with Gasteiger partial charge in [0.15, 0.2) is 5.82 Å². The molecule has 118 valence electrons. The zero-order valence-electron chi connectivity index (χ0n) is 13.3. The quantitative estimate of drug-likeness (QED) is 0.942. The van der Waals surface area contributed by atoms with Crippen LogP contribution in [0.25, 0.3) is 0 Å². The van der Waals surface area contributed by atoms with Crippen LogP contribution < -0.4 is 5.32 Å². The van der Waals surface area contributed by atoms with E-state index in [2.05, 4.69) is 20.1 Å². The molecule has 2 heterocycles. The van der Waals surface area contributed by atoms with Gasteiger partial charge in [0.25, 0.3) is 5.91 Å². The Kier molecular flexibility index (Phi) is 4.00. The Labute approximate surface area is 129 Å². The van der Waals surface area contributed by atoms with Crippen LogP contribution in [0.4, 0.5) is 0 Å². The Morgan fingerprint density at radius 1 is 1.41 bits per heavy atom. The highest BCUT2D eigenvalue weighted by Crippen LogP contribution is 2.31. The van der Waals surface area contributed by atoms with E-state index >= 15 is 0 Å². The summed E-state index contributed by atoms with van der Waals surface area (Å²) in [6.07, 6.45) is 6.59. The fourth-order valence-corrected chi connectivity index (χ4v) is 3.22. The third-order valence-corrected chi connectivity index (χ3v) is 4.34. The molecule has 0 aliphatic heterocycles. The number of carbonyl (C=O) groups excluding carboxylic acids is 1. The fraction of sp³-hybridized carbons (Fsp3) is 0.562. The number of carbonyl (C=O) groups is 1. The predicted molar refractivity (Wildman–Crippen MR) is 81.6 cm³/mol. The minimum absolute atomic E-state index is 0.136. The number of aryl methyl sites for hydroxylation is 2. The van der Waals surface area contributed by atoms with Gasteiger partial charge < -0.3 is 14.3 Å². The normalized spacial score (nSPS) is 16.9. The summed E-state index contributed by atoms with van der Waals surface area (Å²) in [5, 5.41) is 11.2. The van der Waals surface area contributed by atoms with Gasteiger partial charge in [0, 0.05) is 6.04 Å². The van der Waals surface area contributed by atoms with Crippen LogP contribution in [0, 0.1) is 13.8 Å². The second-order valence-corrected chi connectivity index (χ2v) is 6.06. The molecule has 1 unspecified atom stereocenters. The molecular weight excluding hydrogens is 280 g/mol. The molecular formula is C16H22N4O2. The molecule has 1 aliphatic carbocycles. The Morgan fingerprint density at radius 2 is 2.14 bits per heavy atom. The highest BCUT2D eigenvalue weighted by Gasteiger charge is 2.24. The van der Waals surface area contributed by atoms with Gasteiger partial charge in [-0.3, -0.25) is 4.79 Å². The monoisotopic (exact) mass is 302 g/mol. The molecule has 1 fully saturated rings. The van der Waals surface area contributed by atoms with Crippen LogP contribution in [0.2, 0.25) is 0 Å². The van der Waals surface area contributed by atoms with Crippen molar-refractivity contribution in [1.82, 2.24) is 20.1 Å². The predicted octanol–water partition coefficient (Wildman–Crippen LogP) is 3.09. The first-order chi connectivity index (χ1) is 10.6. The first-order valence-corrected chi connectivity index (χ1v) is 7.83. The zero-order valence-corrected chi connectivity index (χ0v) is 13.3. The third-order valence-electron chi connectivity index (χ3n) is 4.34. The minimum Gasteiger partial charge on any atom is -0.466 e. The molecule has 1 N–H and O–H groups in total. The van der Waals surface area contributed by atoms with E-state index in [-0.39, 0.29) is 11.9 Å². The van der Waals surface area contributed by atoms with Crippen LogP contribution >= 0.6 is 0 Å². The molecule has 0 radical (unpaired) electrons. The van der Waals surface area contributed by atoms with Gasteiger partial charge in [-0.15, -0.1) is 10.2 Å². The van der Waals surface area contributed by atoms with Gasteiger partial charge in [-0.2, -0.15) is 0 Å². The van der Waals surface area contributed by atoms with E-state index in [0.29, 0.717) is 17.4 Å². The molecule has 0 spiro atoms. The molecule has 1 amide bonds. The van der Waals surface area contributed by atoms with Crippen molar-refractivity contribution < 1.29 is 9.21 Å². The summed E-state index contributed by atoms with van der Waals surface area (Å²) < 4.78 is 7.54. The first-order valence-electron chi connectivity index (χ1n) is 7.83. The van der Waals surface area contributed by atoms with Gasteiger partial charge in [-0.1, -0.05) is 12.8 Å². The Balaban J connectivity index is 1.74. The molecule has 0 aromatic carbocycles. The molecule has 1 atom stereocenters. The van der Waals surface area contributed by atoms with Gasteiger partial charge in [0.2, 0.25) is 0 Å². The first kappa shape index (κ1) is 14.8. The van der Waals surface area contributed by atoms with Gasteiger partial charge in [0.1, 0.15) is 17.8 Å². The average Bonchev–Trinajstić information content (AvgIpc) is 3.17.